The predicted octanol–water partition coefficient (Wildman–Crippen LogP) is 2.93. The Kier molecular flexibility index (Phi) is 6.60. The number of methoxy groups -OCH3 is 2. The van der Waals surface area contributed by atoms with E-state index in [1.165, 1.54) is 4.90 Å². The van der Waals surface area contributed by atoms with E-state index in [4.69, 9.17) is 9.47 Å². The van der Waals surface area contributed by atoms with Crippen LogP contribution in [0.15, 0.2) is 48.5 Å². The molecule has 0 aliphatic rings. The summed E-state index contributed by atoms with van der Waals surface area (Å²) in [7, 11) is 3.11. The van der Waals surface area contributed by atoms with Gasteiger partial charge in [-0.2, -0.15) is 0 Å². The van der Waals surface area contributed by atoms with Crippen LogP contribution >= 0.6 is 0 Å². The van der Waals surface area contributed by atoms with E-state index in [0.717, 1.165) is 5.56 Å². The number of hydrogen-bond donors (Lipinski definition) is 1. The minimum absolute atomic E-state index is 0.360. The average molecular weight is 356 g/mol. The van der Waals surface area contributed by atoms with Crippen molar-refractivity contribution >= 4 is 17.5 Å². The molecule has 6 heteroatoms. The van der Waals surface area contributed by atoms with E-state index in [1.54, 1.807) is 38.5 Å². The van der Waals surface area contributed by atoms with Gasteiger partial charge in [-0.3, -0.25) is 9.59 Å². The lowest BCUT2D eigenvalue weighted by Crippen LogP contribution is -2.43. The van der Waals surface area contributed by atoms with Crippen molar-refractivity contribution in [3.63, 3.8) is 0 Å². The minimum atomic E-state index is -0.655. The lowest BCUT2D eigenvalue weighted by Gasteiger charge is -2.22. The maximum absolute atomic E-state index is 12.5. The third kappa shape index (κ3) is 4.33. The number of likely N-dealkylation sites (N-methyl/N-ethyl adjacent to an activating group) is 1. The molecule has 0 aliphatic carbocycles. The number of amides is 2. The highest BCUT2D eigenvalue weighted by Gasteiger charge is 2.24. The zero-order valence-electron chi connectivity index (χ0n) is 15.5. The maximum atomic E-state index is 12.5. The molecule has 2 rings (SSSR count). The molecule has 1 N–H and O–H groups in total. The Morgan fingerprint density at radius 3 is 2.27 bits per heavy atom. The van der Waals surface area contributed by atoms with E-state index >= 15 is 0 Å². The Bertz CT molecular complexity index is 762. The summed E-state index contributed by atoms with van der Waals surface area (Å²) in [4.78, 5) is 26.4. The summed E-state index contributed by atoms with van der Waals surface area (Å²) in [6.07, 6.45) is 0. The monoisotopic (exact) mass is 356 g/mol. The molecule has 2 amide bonds. The van der Waals surface area contributed by atoms with Crippen LogP contribution in [0.1, 0.15) is 25.5 Å². The van der Waals surface area contributed by atoms with E-state index in [1.807, 2.05) is 38.1 Å². The van der Waals surface area contributed by atoms with Crippen molar-refractivity contribution in [2.45, 2.75) is 19.9 Å². The Balaban J connectivity index is 2.12. The van der Waals surface area contributed by atoms with Crippen molar-refractivity contribution in [1.82, 2.24) is 5.32 Å². The van der Waals surface area contributed by atoms with Gasteiger partial charge in [-0.05, 0) is 43.7 Å². The first-order valence-corrected chi connectivity index (χ1v) is 8.41. The minimum Gasteiger partial charge on any atom is -0.493 e. The quantitative estimate of drug-likeness (QED) is 0.808. The lowest BCUT2D eigenvalue weighted by atomic mass is 10.1. The molecule has 1 unspecified atom stereocenters. The molecule has 0 saturated carbocycles. The fourth-order valence-electron chi connectivity index (χ4n) is 2.64. The zero-order valence-corrected chi connectivity index (χ0v) is 15.5. The fourth-order valence-corrected chi connectivity index (χ4v) is 2.64. The molecule has 2 aromatic carbocycles. The molecule has 0 aromatic heterocycles. The van der Waals surface area contributed by atoms with Gasteiger partial charge in [-0.25, -0.2) is 0 Å². The van der Waals surface area contributed by atoms with Crippen LogP contribution in [0, 0.1) is 0 Å². The number of benzene rings is 2. The molecule has 1 atom stereocenters. The molecular weight excluding hydrogens is 332 g/mol. The normalized spacial score (nSPS) is 11.4. The first-order chi connectivity index (χ1) is 12.5. The maximum Gasteiger partial charge on any atom is 0.316 e. The number of para-hydroxylation sites is 1. The number of hydrogen-bond acceptors (Lipinski definition) is 4. The van der Waals surface area contributed by atoms with Crippen LogP contribution in [0.25, 0.3) is 0 Å². The second kappa shape index (κ2) is 8.89. The van der Waals surface area contributed by atoms with Crippen molar-refractivity contribution < 1.29 is 19.1 Å². The average Bonchev–Trinajstić information content (AvgIpc) is 2.68. The highest BCUT2D eigenvalue weighted by molar-refractivity contribution is 6.40. The van der Waals surface area contributed by atoms with Crippen LogP contribution in [0.5, 0.6) is 11.5 Å². The van der Waals surface area contributed by atoms with Crippen LogP contribution in [0.3, 0.4) is 0 Å². The summed E-state index contributed by atoms with van der Waals surface area (Å²) in [5, 5.41) is 2.74. The van der Waals surface area contributed by atoms with Gasteiger partial charge >= 0.3 is 11.8 Å². The molecule has 0 aliphatic heterocycles. The summed E-state index contributed by atoms with van der Waals surface area (Å²) in [6.45, 7) is 4.04. The number of nitrogens with zero attached hydrogens (tertiary/aromatic N) is 1. The van der Waals surface area contributed by atoms with Crippen LogP contribution in [-0.2, 0) is 9.59 Å². The number of anilines is 1. The molecule has 0 heterocycles. The van der Waals surface area contributed by atoms with Crippen LogP contribution < -0.4 is 19.7 Å². The van der Waals surface area contributed by atoms with Gasteiger partial charge in [0.25, 0.3) is 0 Å². The van der Waals surface area contributed by atoms with Gasteiger partial charge in [0.05, 0.1) is 20.3 Å². The van der Waals surface area contributed by atoms with Gasteiger partial charge in [-0.15, -0.1) is 0 Å². The lowest BCUT2D eigenvalue weighted by molar-refractivity contribution is -0.138. The Morgan fingerprint density at radius 1 is 1.04 bits per heavy atom. The fraction of sp³-hybridized carbons (Fsp3) is 0.300. The van der Waals surface area contributed by atoms with Crippen molar-refractivity contribution in [3.8, 4) is 11.5 Å². The summed E-state index contributed by atoms with van der Waals surface area (Å²) in [5.74, 6) is -0.0759. The van der Waals surface area contributed by atoms with Gasteiger partial charge in [0.1, 0.15) is 0 Å². The summed E-state index contributed by atoms with van der Waals surface area (Å²) in [5.41, 5.74) is 1.50. The molecule has 0 bridgehead atoms. The van der Waals surface area contributed by atoms with Crippen LogP contribution in [0.2, 0.25) is 0 Å². The van der Waals surface area contributed by atoms with Crippen molar-refractivity contribution in [2.75, 3.05) is 25.7 Å². The highest BCUT2D eigenvalue weighted by atomic mass is 16.5. The Labute approximate surface area is 153 Å². The summed E-state index contributed by atoms with van der Waals surface area (Å²) in [6, 6.07) is 14.1. The van der Waals surface area contributed by atoms with Crippen molar-refractivity contribution in [1.29, 1.82) is 0 Å². The summed E-state index contributed by atoms with van der Waals surface area (Å²) < 4.78 is 10.5. The highest BCUT2D eigenvalue weighted by Crippen LogP contribution is 2.29. The van der Waals surface area contributed by atoms with E-state index in [-0.39, 0.29) is 6.04 Å². The number of rotatable bonds is 6. The third-order valence-corrected chi connectivity index (χ3v) is 4.08. The van der Waals surface area contributed by atoms with E-state index in [9.17, 15) is 9.59 Å². The predicted molar refractivity (Wildman–Crippen MR) is 101 cm³/mol. The molecule has 0 spiro atoms. The van der Waals surface area contributed by atoms with Crippen LogP contribution in [-0.4, -0.2) is 32.6 Å². The molecule has 2 aromatic rings. The second-order valence-corrected chi connectivity index (χ2v) is 5.69. The molecule has 6 nitrogen and oxygen atoms in total. The first-order valence-electron chi connectivity index (χ1n) is 8.41. The molecule has 0 radical (unpaired) electrons. The number of carbonyl (C=O) groups is 2. The van der Waals surface area contributed by atoms with Gasteiger partial charge < -0.3 is 19.7 Å². The van der Waals surface area contributed by atoms with Gasteiger partial charge in [0.2, 0.25) is 0 Å². The topological polar surface area (TPSA) is 67.9 Å². The van der Waals surface area contributed by atoms with Gasteiger partial charge in [0, 0.05) is 12.2 Å². The number of carbonyl (C=O) groups excluding carboxylic acids is 2. The largest absolute Gasteiger partial charge is 0.493 e. The standard InChI is InChI=1S/C20H24N2O4/c1-5-22(16-9-7-6-8-10-16)20(24)19(23)21-14(2)15-11-12-17(25-3)18(13-15)26-4/h6-14H,5H2,1-4H3,(H,21,23). The molecule has 26 heavy (non-hydrogen) atoms. The Hall–Kier alpha value is -3.02. The number of nitrogens with one attached hydrogen (secondary N) is 1. The second-order valence-electron chi connectivity index (χ2n) is 5.69. The van der Waals surface area contributed by atoms with Crippen molar-refractivity contribution in [3.05, 3.63) is 54.1 Å². The van der Waals surface area contributed by atoms with Gasteiger partial charge in [0.15, 0.2) is 11.5 Å². The van der Waals surface area contributed by atoms with Gasteiger partial charge in [-0.1, -0.05) is 24.3 Å². The molecular formula is C20H24N2O4. The van der Waals surface area contributed by atoms with E-state index in [2.05, 4.69) is 5.32 Å². The van der Waals surface area contributed by atoms with Crippen LogP contribution in [0.4, 0.5) is 5.69 Å². The smallest absolute Gasteiger partial charge is 0.316 e. The van der Waals surface area contributed by atoms with E-state index in [0.29, 0.717) is 23.7 Å². The molecule has 138 valence electrons. The first kappa shape index (κ1) is 19.3. The number of ether oxygens (including phenoxy) is 2. The van der Waals surface area contributed by atoms with Crippen molar-refractivity contribution in [2.24, 2.45) is 0 Å². The Morgan fingerprint density at radius 2 is 1.69 bits per heavy atom. The third-order valence-electron chi connectivity index (χ3n) is 4.08. The molecule has 0 fully saturated rings. The molecule has 0 saturated heterocycles. The zero-order chi connectivity index (χ0) is 19.1. The SMILES string of the molecule is CCN(C(=O)C(=O)NC(C)c1ccc(OC)c(OC)c1)c1ccccc1. The summed E-state index contributed by atoms with van der Waals surface area (Å²) >= 11 is 0. The van der Waals surface area contributed by atoms with E-state index < -0.39 is 11.8 Å².